The van der Waals surface area contributed by atoms with Crippen LogP contribution in [0, 0.1) is 17.8 Å². The van der Waals surface area contributed by atoms with E-state index in [1.165, 1.54) is 24.8 Å². The van der Waals surface area contributed by atoms with Crippen LogP contribution in [0.5, 0.6) is 5.75 Å². The van der Waals surface area contributed by atoms with E-state index in [1.54, 1.807) is 0 Å². The molecule has 104 valence electrons. The molecule has 3 unspecified atom stereocenters. The average molecular weight is 260 g/mol. The van der Waals surface area contributed by atoms with Crippen molar-refractivity contribution in [3.05, 3.63) is 29.8 Å². The largest absolute Gasteiger partial charge is 0.491 e. The smallest absolute Gasteiger partial charge is 0.119 e. The van der Waals surface area contributed by atoms with E-state index in [0.29, 0.717) is 6.04 Å². The van der Waals surface area contributed by atoms with E-state index < -0.39 is 0 Å². The molecule has 0 aliphatic heterocycles. The fourth-order valence-corrected chi connectivity index (χ4v) is 3.83. The van der Waals surface area contributed by atoms with E-state index in [9.17, 15) is 0 Å². The summed E-state index contributed by atoms with van der Waals surface area (Å²) in [4.78, 5) is 0. The molecule has 1 aromatic rings. The van der Waals surface area contributed by atoms with E-state index in [0.717, 1.165) is 23.5 Å². The maximum atomic E-state index is 5.79. The number of nitrogens with one attached hydrogen (secondary N) is 1. The van der Waals surface area contributed by atoms with Crippen molar-refractivity contribution in [2.24, 2.45) is 23.6 Å². The Balaban J connectivity index is 1.70. The van der Waals surface area contributed by atoms with Crippen molar-refractivity contribution in [2.45, 2.75) is 45.3 Å². The minimum Gasteiger partial charge on any atom is -0.491 e. The van der Waals surface area contributed by atoms with Gasteiger partial charge in [0.15, 0.2) is 0 Å². The molecule has 0 saturated heterocycles. The second-order valence-electron chi connectivity index (χ2n) is 6.22. The topological polar surface area (TPSA) is 47.3 Å². The van der Waals surface area contributed by atoms with Gasteiger partial charge in [-0.1, -0.05) is 18.6 Å². The van der Waals surface area contributed by atoms with Gasteiger partial charge in [0.2, 0.25) is 0 Å². The monoisotopic (exact) mass is 260 g/mol. The summed E-state index contributed by atoms with van der Waals surface area (Å²) in [5, 5.41) is 0. The first-order valence-electron chi connectivity index (χ1n) is 7.43. The molecule has 2 fully saturated rings. The lowest BCUT2D eigenvalue weighted by molar-refractivity contribution is 0.242. The van der Waals surface area contributed by atoms with Crippen molar-refractivity contribution < 1.29 is 4.74 Å². The summed E-state index contributed by atoms with van der Waals surface area (Å²) in [7, 11) is 0. The number of fused-ring (bicyclic) bond motifs is 1. The van der Waals surface area contributed by atoms with Gasteiger partial charge in [-0.25, -0.2) is 0 Å². The highest BCUT2D eigenvalue weighted by Gasteiger charge is 2.55. The third-order valence-electron chi connectivity index (χ3n) is 4.65. The molecule has 0 spiro atoms. The molecular formula is C16H24N2O. The molecule has 2 aliphatic carbocycles. The van der Waals surface area contributed by atoms with Crippen molar-refractivity contribution in [2.75, 3.05) is 0 Å². The number of hydrogen-bond donors (Lipinski definition) is 2. The fourth-order valence-electron chi connectivity index (χ4n) is 3.83. The average Bonchev–Trinajstić information content (AvgIpc) is 2.85. The molecule has 0 aromatic heterocycles. The SMILES string of the molecule is CC(C)Oc1ccc(C(NN)C2C3CCCC32)cc1. The Labute approximate surface area is 115 Å². The van der Waals surface area contributed by atoms with Crippen molar-refractivity contribution in [1.82, 2.24) is 5.43 Å². The first-order valence-corrected chi connectivity index (χ1v) is 7.43. The minimum absolute atomic E-state index is 0.220. The van der Waals surface area contributed by atoms with Gasteiger partial charge >= 0.3 is 0 Å². The Morgan fingerprint density at radius 3 is 2.32 bits per heavy atom. The highest BCUT2D eigenvalue weighted by Crippen LogP contribution is 2.62. The summed E-state index contributed by atoms with van der Waals surface area (Å²) in [6.07, 6.45) is 4.41. The molecule has 3 N–H and O–H groups in total. The Morgan fingerprint density at radius 1 is 1.16 bits per heavy atom. The molecule has 1 aromatic carbocycles. The van der Waals surface area contributed by atoms with Gasteiger partial charge < -0.3 is 4.74 Å². The molecule has 0 bridgehead atoms. The summed E-state index contributed by atoms with van der Waals surface area (Å²) < 4.78 is 5.68. The van der Waals surface area contributed by atoms with Gasteiger partial charge in [-0.05, 0) is 62.1 Å². The predicted molar refractivity (Wildman–Crippen MR) is 76.6 cm³/mol. The van der Waals surface area contributed by atoms with E-state index >= 15 is 0 Å². The molecular weight excluding hydrogens is 236 g/mol. The predicted octanol–water partition coefficient (Wildman–Crippen LogP) is 3.02. The lowest BCUT2D eigenvalue weighted by atomic mass is 9.97. The highest BCUT2D eigenvalue weighted by molar-refractivity contribution is 5.31. The van der Waals surface area contributed by atoms with Crippen molar-refractivity contribution in [3.63, 3.8) is 0 Å². The van der Waals surface area contributed by atoms with Crippen molar-refractivity contribution in [3.8, 4) is 5.75 Å². The van der Waals surface area contributed by atoms with Crippen LogP contribution in [0.2, 0.25) is 0 Å². The van der Waals surface area contributed by atoms with Gasteiger partial charge in [-0.2, -0.15) is 0 Å². The first kappa shape index (κ1) is 12.9. The third-order valence-corrected chi connectivity index (χ3v) is 4.65. The maximum Gasteiger partial charge on any atom is 0.119 e. The quantitative estimate of drug-likeness (QED) is 0.632. The Kier molecular flexibility index (Phi) is 3.50. The molecule has 3 nitrogen and oxygen atoms in total. The van der Waals surface area contributed by atoms with E-state index in [2.05, 4.69) is 29.7 Å². The Bertz CT molecular complexity index is 419. The van der Waals surface area contributed by atoms with E-state index in [1.807, 2.05) is 13.8 Å². The van der Waals surface area contributed by atoms with Gasteiger partial charge in [0.05, 0.1) is 6.10 Å². The van der Waals surface area contributed by atoms with Gasteiger partial charge in [0.25, 0.3) is 0 Å². The van der Waals surface area contributed by atoms with Crippen molar-refractivity contribution >= 4 is 0 Å². The number of hydrogen-bond acceptors (Lipinski definition) is 3. The van der Waals surface area contributed by atoms with Crippen LogP contribution in [0.4, 0.5) is 0 Å². The lowest BCUT2D eigenvalue weighted by Crippen LogP contribution is -2.30. The van der Waals surface area contributed by atoms with E-state index in [-0.39, 0.29) is 6.10 Å². The third kappa shape index (κ3) is 2.49. The molecule has 3 rings (SSSR count). The molecule has 19 heavy (non-hydrogen) atoms. The molecule has 0 heterocycles. The minimum atomic E-state index is 0.220. The molecule has 0 amide bonds. The van der Waals surface area contributed by atoms with Crippen LogP contribution >= 0.6 is 0 Å². The van der Waals surface area contributed by atoms with Crippen LogP contribution < -0.4 is 16.0 Å². The van der Waals surface area contributed by atoms with Crippen LogP contribution in [0.25, 0.3) is 0 Å². The van der Waals surface area contributed by atoms with Crippen LogP contribution in [0.15, 0.2) is 24.3 Å². The first-order chi connectivity index (χ1) is 9.20. The zero-order valence-corrected chi connectivity index (χ0v) is 11.8. The summed E-state index contributed by atoms with van der Waals surface area (Å²) in [6.45, 7) is 4.09. The Hall–Kier alpha value is -1.06. The number of hydrazine groups is 1. The number of rotatable bonds is 5. The molecule has 2 saturated carbocycles. The maximum absolute atomic E-state index is 5.79. The lowest BCUT2D eigenvalue weighted by Gasteiger charge is -2.19. The summed E-state index contributed by atoms with van der Waals surface area (Å²) in [5.41, 5.74) is 4.32. The van der Waals surface area contributed by atoms with Gasteiger partial charge in [-0.15, -0.1) is 0 Å². The Morgan fingerprint density at radius 2 is 1.79 bits per heavy atom. The second-order valence-corrected chi connectivity index (χ2v) is 6.22. The standard InChI is InChI=1S/C16H24N2O/c1-10(2)19-12-8-6-11(7-9-12)16(18-17)15-13-4-3-5-14(13)15/h6-10,13-16,18H,3-5,17H2,1-2H3. The zero-order chi connectivity index (χ0) is 13.4. The van der Waals surface area contributed by atoms with Gasteiger partial charge in [0, 0.05) is 6.04 Å². The fraction of sp³-hybridized carbons (Fsp3) is 0.625. The number of nitrogens with two attached hydrogens (primary N) is 1. The summed E-state index contributed by atoms with van der Waals surface area (Å²) in [5.74, 6) is 9.29. The van der Waals surface area contributed by atoms with Gasteiger partial charge in [-0.3, -0.25) is 11.3 Å². The normalized spacial score (nSPS) is 30.2. The van der Waals surface area contributed by atoms with Crippen LogP contribution in [-0.4, -0.2) is 6.10 Å². The molecule has 0 radical (unpaired) electrons. The summed E-state index contributed by atoms with van der Waals surface area (Å²) >= 11 is 0. The molecule has 3 atom stereocenters. The number of ether oxygens (including phenoxy) is 1. The van der Waals surface area contributed by atoms with Crippen LogP contribution in [0.3, 0.4) is 0 Å². The van der Waals surface area contributed by atoms with Crippen LogP contribution in [0.1, 0.15) is 44.7 Å². The summed E-state index contributed by atoms with van der Waals surface area (Å²) in [6, 6.07) is 8.71. The van der Waals surface area contributed by atoms with Crippen LogP contribution in [-0.2, 0) is 0 Å². The van der Waals surface area contributed by atoms with E-state index in [4.69, 9.17) is 10.6 Å². The zero-order valence-electron chi connectivity index (χ0n) is 11.8. The van der Waals surface area contributed by atoms with Crippen molar-refractivity contribution in [1.29, 1.82) is 0 Å². The highest BCUT2D eigenvalue weighted by atomic mass is 16.5. The van der Waals surface area contributed by atoms with Gasteiger partial charge in [0.1, 0.15) is 5.75 Å². The number of benzene rings is 1. The second kappa shape index (κ2) is 5.14. The molecule has 2 aliphatic rings. The molecule has 3 heteroatoms.